The second-order valence-electron chi connectivity index (χ2n) is 4.19. The average molecular weight is 259 g/mol. The molecule has 0 atom stereocenters. The largest absolute Gasteiger partial charge is 0.492 e. The summed E-state index contributed by atoms with van der Waals surface area (Å²) in [5.41, 5.74) is 1.40. The third-order valence-electron chi connectivity index (χ3n) is 2.59. The molecule has 0 saturated carbocycles. The van der Waals surface area contributed by atoms with Crippen molar-refractivity contribution >= 4 is 5.78 Å². The van der Waals surface area contributed by atoms with E-state index >= 15 is 0 Å². The molecule has 0 fully saturated rings. The Kier molecular flexibility index (Phi) is 3.90. The van der Waals surface area contributed by atoms with Gasteiger partial charge in [0, 0.05) is 17.3 Å². The SMILES string of the molecule is CCOc1cncc(C(=O)c2cc(C)cc(F)c2)c1. The highest BCUT2D eigenvalue weighted by Gasteiger charge is 2.12. The number of hydrogen-bond acceptors (Lipinski definition) is 3. The van der Waals surface area contributed by atoms with Crippen molar-refractivity contribution < 1.29 is 13.9 Å². The molecule has 0 amide bonds. The zero-order valence-corrected chi connectivity index (χ0v) is 10.8. The van der Waals surface area contributed by atoms with Gasteiger partial charge < -0.3 is 4.74 Å². The maximum Gasteiger partial charge on any atom is 0.194 e. The fraction of sp³-hybridized carbons (Fsp3) is 0.200. The average Bonchev–Trinajstić information content (AvgIpc) is 2.37. The van der Waals surface area contributed by atoms with Crippen molar-refractivity contribution in [2.24, 2.45) is 0 Å². The molecular weight excluding hydrogens is 245 g/mol. The van der Waals surface area contributed by atoms with Gasteiger partial charge in [-0.05, 0) is 43.7 Å². The first-order valence-corrected chi connectivity index (χ1v) is 6.00. The molecule has 0 saturated heterocycles. The summed E-state index contributed by atoms with van der Waals surface area (Å²) in [7, 11) is 0. The summed E-state index contributed by atoms with van der Waals surface area (Å²) in [4.78, 5) is 16.2. The van der Waals surface area contributed by atoms with Crippen LogP contribution >= 0.6 is 0 Å². The van der Waals surface area contributed by atoms with E-state index in [9.17, 15) is 9.18 Å². The Morgan fingerprint density at radius 1 is 1.21 bits per heavy atom. The van der Waals surface area contributed by atoms with Crippen LogP contribution in [-0.2, 0) is 0 Å². The van der Waals surface area contributed by atoms with Crippen molar-refractivity contribution in [3.63, 3.8) is 0 Å². The van der Waals surface area contributed by atoms with E-state index in [2.05, 4.69) is 4.98 Å². The van der Waals surface area contributed by atoms with Crippen LogP contribution in [0.5, 0.6) is 5.75 Å². The number of carbonyl (C=O) groups excluding carboxylic acids is 1. The van der Waals surface area contributed by atoms with Crippen molar-refractivity contribution in [3.8, 4) is 5.75 Å². The second kappa shape index (κ2) is 5.61. The van der Waals surface area contributed by atoms with Gasteiger partial charge in [0.25, 0.3) is 0 Å². The number of pyridine rings is 1. The van der Waals surface area contributed by atoms with E-state index in [0.717, 1.165) is 0 Å². The molecule has 0 spiro atoms. The number of nitrogens with zero attached hydrogens (tertiary/aromatic N) is 1. The lowest BCUT2D eigenvalue weighted by molar-refractivity contribution is 0.103. The number of aryl methyl sites for hydroxylation is 1. The Labute approximate surface area is 111 Å². The maximum atomic E-state index is 13.3. The van der Waals surface area contributed by atoms with Gasteiger partial charge in [-0.3, -0.25) is 9.78 Å². The van der Waals surface area contributed by atoms with Gasteiger partial charge in [0.2, 0.25) is 0 Å². The van der Waals surface area contributed by atoms with Crippen molar-refractivity contribution in [3.05, 3.63) is 59.2 Å². The zero-order chi connectivity index (χ0) is 13.8. The van der Waals surface area contributed by atoms with Crippen LogP contribution in [0, 0.1) is 12.7 Å². The van der Waals surface area contributed by atoms with Crippen LogP contribution in [-0.4, -0.2) is 17.4 Å². The van der Waals surface area contributed by atoms with Crippen LogP contribution in [0.1, 0.15) is 28.4 Å². The van der Waals surface area contributed by atoms with E-state index in [1.807, 2.05) is 6.92 Å². The number of ether oxygens (including phenoxy) is 1. The summed E-state index contributed by atoms with van der Waals surface area (Å²) < 4.78 is 18.6. The molecule has 0 bridgehead atoms. The van der Waals surface area contributed by atoms with Gasteiger partial charge in [-0.15, -0.1) is 0 Å². The number of carbonyl (C=O) groups is 1. The third-order valence-corrected chi connectivity index (χ3v) is 2.59. The minimum atomic E-state index is -0.419. The van der Waals surface area contributed by atoms with Crippen molar-refractivity contribution in [2.75, 3.05) is 6.61 Å². The summed E-state index contributed by atoms with van der Waals surface area (Å²) in [6.45, 7) is 4.09. The van der Waals surface area contributed by atoms with E-state index < -0.39 is 5.82 Å². The minimum Gasteiger partial charge on any atom is -0.492 e. The van der Waals surface area contributed by atoms with Crippen LogP contribution in [0.15, 0.2) is 36.7 Å². The molecule has 1 heterocycles. The third kappa shape index (κ3) is 3.16. The van der Waals surface area contributed by atoms with Crippen molar-refractivity contribution in [2.45, 2.75) is 13.8 Å². The maximum absolute atomic E-state index is 13.3. The number of halogens is 1. The standard InChI is InChI=1S/C15H14FNO2/c1-3-19-14-7-12(8-17-9-14)15(18)11-4-10(2)5-13(16)6-11/h4-9H,3H2,1-2H3. The number of aromatic nitrogens is 1. The van der Waals surface area contributed by atoms with E-state index in [4.69, 9.17) is 4.74 Å². The van der Waals surface area contributed by atoms with Gasteiger partial charge in [-0.1, -0.05) is 0 Å². The highest BCUT2D eigenvalue weighted by Crippen LogP contribution is 2.17. The molecule has 0 aliphatic rings. The summed E-state index contributed by atoms with van der Waals surface area (Å²) in [5, 5.41) is 0. The molecule has 0 unspecified atom stereocenters. The first-order valence-electron chi connectivity index (χ1n) is 6.00. The fourth-order valence-electron chi connectivity index (χ4n) is 1.82. The molecule has 0 N–H and O–H groups in total. The van der Waals surface area contributed by atoms with Crippen molar-refractivity contribution in [1.29, 1.82) is 0 Å². The Balaban J connectivity index is 2.35. The van der Waals surface area contributed by atoms with Gasteiger partial charge in [0.15, 0.2) is 5.78 Å². The quantitative estimate of drug-likeness (QED) is 0.792. The topological polar surface area (TPSA) is 39.2 Å². The Bertz CT molecular complexity index is 591. The molecule has 4 heteroatoms. The number of benzene rings is 1. The van der Waals surface area contributed by atoms with E-state index in [1.54, 1.807) is 19.1 Å². The minimum absolute atomic E-state index is 0.267. The molecule has 2 aromatic rings. The Morgan fingerprint density at radius 2 is 2.00 bits per heavy atom. The highest BCUT2D eigenvalue weighted by molar-refractivity contribution is 6.09. The second-order valence-corrected chi connectivity index (χ2v) is 4.19. The molecule has 19 heavy (non-hydrogen) atoms. The van der Waals surface area contributed by atoms with E-state index in [1.165, 1.54) is 24.5 Å². The van der Waals surface area contributed by atoms with Crippen molar-refractivity contribution in [1.82, 2.24) is 4.98 Å². The molecule has 0 aliphatic carbocycles. The number of ketones is 1. The molecule has 0 radical (unpaired) electrons. The number of rotatable bonds is 4. The first kappa shape index (κ1) is 13.2. The number of hydrogen-bond donors (Lipinski definition) is 0. The van der Waals surface area contributed by atoms with Gasteiger partial charge in [-0.25, -0.2) is 4.39 Å². The lowest BCUT2D eigenvalue weighted by Gasteiger charge is -2.06. The zero-order valence-electron chi connectivity index (χ0n) is 10.8. The molecular formula is C15H14FNO2. The van der Waals surface area contributed by atoms with Crippen LogP contribution in [0.2, 0.25) is 0 Å². The lowest BCUT2D eigenvalue weighted by Crippen LogP contribution is -2.04. The van der Waals surface area contributed by atoms with Crippen LogP contribution in [0.4, 0.5) is 4.39 Å². The van der Waals surface area contributed by atoms with Gasteiger partial charge in [0.1, 0.15) is 11.6 Å². The molecule has 1 aromatic carbocycles. The van der Waals surface area contributed by atoms with Gasteiger partial charge in [-0.2, -0.15) is 0 Å². The Hall–Kier alpha value is -2.23. The molecule has 98 valence electrons. The first-order chi connectivity index (χ1) is 9.10. The van der Waals surface area contributed by atoms with E-state index in [-0.39, 0.29) is 5.78 Å². The fourth-order valence-corrected chi connectivity index (χ4v) is 1.82. The summed E-state index contributed by atoms with van der Waals surface area (Å²) >= 11 is 0. The molecule has 3 nitrogen and oxygen atoms in total. The molecule has 0 aliphatic heterocycles. The van der Waals surface area contributed by atoms with Gasteiger partial charge in [0.05, 0.1) is 12.8 Å². The normalized spacial score (nSPS) is 10.3. The lowest BCUT2D eigenvalue weighted by atomic mass is 10.0. The molecule has 2 rings (SSSR count). The van der Waals surface area contributed by atoms with E-state index in [0.29, 0.717) is 29.0 Å². The van der Waals surface area contributed by atoms with Crippen LogP contribution < -0.4 is 4.74 Å². The summed E-state index contributed by atoms with van der Waals surface area (Å²) in [6, 6.07) is 5.87. The summed E-state index contributed by atoms with van der Waals surface area (Å²) in [5.74, 6) is -0.157. The van der Waals surface area contributed by atoms with Crippen LogP contribution in [0.3, 0.4) is 0 Å². The highest BCUT2D eigenvalue weighted by atomic mass is 19.1. The van der Waals surface area contributed by atoms with Gasteiger partial charge >= 0.3 is 0 Å². The molecule has 1 aromatic heterocycles. The monoisotopic (exact) mass is 259 g/mol. The summed E-state index contributed by atoms with van der Waals surface area (Å²) in [6.07, 6.45) is 2.99. The predicted molar refractivity (Wildman–Crippen MR) is 70.0 cm³/mol. The predicted octanol–water partition coefficient (Wildman–Crippen LogP) is 3.16. The smallest absolute Gasteiger partial charge is 0.194 e. The Morgan fingerprint density at radius 3 is 2.68 bits per heavy atom. The van der Waals surface area contributed by atoms with Crippen LogP contribution in [0.25, 0.3) is 0 Å².